The minimum absolute atomic E-state index is 0.0891. The average Bonchev–Trinajstić information content (AvgIpc) is 3.24. The van der Waals surface area contributed by atoms with Crippen LogP contribution >= 0.6 is 7.82 Å². The minimum Gasteiger partial charge on any atom is -0.489 e. The Morgan fingerprint density at radius 3 is 2.71 bits per heavy atom. The summed E-state index contributed by atoms with van der Waals surface area (Å²) in [7, 11) is -4.64. The van der Waals surface area contributed by atoms with Gasteiger partial charge in [-0.2, -0.15) is 0 Å². The molecular weight excluding hydrogens is 338 g/mol. The fourth-order valence-corrected chi connectivity index (χ4v) is 3.40. The first kappa shape index (κ1) is 17.7. The molecule has 3 rings (SSSR count). The third-order valence-electron chi connectivity index (χ3n) is 4.71. The van der Waals surface area contributed by atoms with Gasteiger partial charge in [0.05, 0.1) is 6.61 Å². The summed E-state index contributed by atoms with van der Waals surface area (Å²) in [4.78, 5) is 17.7. The van der Waals surface area contributed by atoms with Crippen LogP contribution in [-0.2, 0) is 14.5 Å². The molecule has 0 bridgehead atoms. The van der Waals surface area contributed by atoms with Crippen LogP contribution in [0.1, 0.15) is 50.7 Å². The smallest absolute Gasteiger partial charge is 0.472 e. The molecule has 1 aliphatic heterocycles. The Bertz CT molecular complexity index is 694. The average molecular weight is 360 g/mol. The summed E-state index contributed by atoms with van der Waals surface area (Å²) in [5, 5.41) is 0. The van der Waals surface area contributed by atoms with Crippen LogP contribution in [-0.4, -0.2) is 23.2 Å². The van der Waals surface area contributed by atoms with Crippen molar-refractivity contribution in [2.75, 3.05) is 13.4 Å². The summed E-state index contributed by atoms with van der Waals surface area (Å²) in [6.07, 6.45) is 2.16. The Balaban J connectivity index is 2.02. The van der Waals surface area contributed by atoms with E-state index in [0.29, 0.717) is 29.4 Å². The van der Waals surface area contributed by atoms with Crippen molar-refractivity contribution in [1.29, 1.82) is 0 Å². The first-order chi connectivity index (χ1) is 11.1. The van der Waals surface area contributed by atoms with E-state index in [-0.39, 0.29) is 11.7 Å². The number of halogens is 1. The zero-order valence-corrected chi connectivity index (χ0v) is 14.8. The third kappa shape index (κ3) is 3.45. The van der Waals surface area contributed by atoms with E-state index in [1.807, 2.05) is 20.8 Å². The molecule has 1 aliphatic carbocycles. The van der Waals surface area contributed by atoms with Crippen molar-refractivity contribution in [1.82, 2.24) is 0 Å². The van der Waals surface area contributed by atoms with Gasteiger partial charge < -0.3 is 19.3 Å². The maximum atomic E-state index is 14.5. The second kappa shape index (κ2) is 5.99. The van der Waals surface area contributed by atoms with E-state index in [2.05, 4.69) is 4.52 Å². The molecule has 1 unspecified atom stereocenters. The van der Waals surface area contributed by atoms with Crippen LogP contribution in [0.3, 0.4) is 0 Å². The summed E-state index contributed by atoms with van der Waals surface area (Å²) in [6.45, 7) is 5.55. The molecule has 1 aromatic carbocycles. The van der Waals surface area contributed by atoms with Crippen molar-refractivity contribution in [2.45, 2.75) is 44.9 Å². The molecule has 1 fully saturated rings. The summed E-state index contributed by atoms with van der Waals surface area (Å²) < 4.78 is 40.9. The topological polar surface area (TPSA) is 85.2 Å². The summed E-state index contributed by atoms with van der Waals surface area (Å²) in [5.41, 5.74) is 0.827. The van der Waals surface area contributed by atoms with Gasteiger partial charge in [0.1, 0.15) is 5.75 Å². The maximum absolute atomic E-state index is 14.5. The number of rotatable bonds is 6. The highest BCUT2D eigenvalue weighted by atomic mass is 31.2. The highest BCUT2D eigenvalue weighted by Gasteiger charge is 2.41. The first-order valence-electron chi connectivity index (χ1n) is 7.93. The lowest BCUT2D eigenvalue weighted by atomic mass is 9.82. The molecule has 0 spiro atoms. The Hall–Kier alpha value is -1.14. The Morgan fingerprint density at radius 1 is 1.46 bits per heavy atom. The van der Waals surface area contributed by atoms with Crippen molar-refractivity contribution >= 4 is 7.82 Å². The van der Waals surface area contributed by atoms with Gasteiger partial charge >= 0.3 is 7.82 Å². The second-order valence-electron chi connectivity index (χ2n) is 7.16. The zero-order valence-electron chi connectivity index (χ0n) is 13.9. The lowest BCUT2D eigenvalue weighted by Gasteiger charge is -2.24. The number of fused-ring (bicyclic) bond motifs is 1. The van der Waals surface area contributed by atoms with Crippen LogP contribution in [0.2, 0.25) is 0 Å². The number of ether oxygens (including phenoxy) is 2. The number of hydrogen-bond acceptors (Lipinski definition) is 4. The van der Waals surface area contributed by atoms with Crippen LogP contribution in [0.5, 0.6) is 11.5 Å². The molecule has 0 amide bonds. The molecule has 1 saturated carbocycles. The van der Waals surface area contributed by atoms with Crippen LogP contribution in [0.15, 0.2) is 6.07 Å². The number of phosphoric acid groups is 1. The standard InChI is InChI=1S/C16H22FO6P/c1-9(10-4-5-10)11-6-12(17)15-13(16(2,3)7-21-15)14(11)22-8-23-24(18,19)20/h6,9-10H,4-5,7-8H2,1-3H3,(H2,18,19,20). The SMILES string of the molecule is CC(c1cc(F)c2c(c1OCOP(=O)(O)O)C(C)(C)CO2)C1CC1. The molecule has 1 atom stereocenters. The Kier molecular flexibility index (Phi) is 4.41. The summed E-state index contributed by atoms with van der Waals surface area (Å²) in [5.74, 6) is 0.699. The van der Waals surface area contributed by atoms with E-state index in [9.17, 15) is 8.96 Å². The second-order valence-corrected chi connectivity index (χ2v) is 8.40. The van der Waals surface area contributed by atoms with Crippen molar-refractivity contribution in [3.05, 3.63) is 23.0 Å². The molecule has 0 aromatic heterocycles. The van der Waals surface area contributed by atoms with Gasteiger partial charge in [-0.05, 0) is 30.7 Å². The normalized spacial score (nSPS) is 20.4. The monoisotopic (exact) mass is 360 g/mol. The molecule has 8 heteroatoms. The van der Waals surface area contributed by atoms with Gasteiger partial charge in [0.15, 0.2) is 18.4 Å². The lowest BCUT2D eigenvalue weighted by molar-refractivity contribution is 0.0805. The molecule has 1 aromatic rings. The lowest BCUT2D eigenvalue weighted by Crippen LogP contribution is -2.20. The van der Waals surface area contributed by atoms with Crippen LogP contribution in [0.4, 0.5) is 4.39 Å². The van der Waals surface area contributed by atoms with Crippen molar-refractivity contribution < 1.29 is 32.7 Å². The molecule has 0 saturated heterocycles. The Morgan fingerprint density at radius 2 is 2.12 bits per heavy atom. The van der Waals surface area contributed by atoms with Crippen molar-refractivity contribution in [2.24, 2.45) is 5.92 Å². The Labute approximate surface area is 140 Å². The first-order valence-corrected chi connectivity index (χ1v) is 9.46. The van der Waals surface area contributed by atoms with Gasteiger partial charge in [0.25, 0.3) is 0 Å². The van der Waals surface area contributed by atoms with Gasteiger partial charge in [-0.15, -0.1) is 0 Å². The fourth-order valence-electron chi connectivity index (χ4n) is 3.21. The minimum atomic E-state index is -4.64. The summed E-state index contributed by atoms with van der Waals surface area (Å²) >= 11 is 0. The van der Waals surface area contributed by atoms with Gasteiger partial charge in [0, 0.05) is 16.5 Å². The number of phosphoric ester groups is 1. The predicted octanol–water partition coefficient (Wildman–Crippen LogP) is 3.45. The van der Waals surface area contributed by atoms with E-state index in [1.54, 1.807) is 0 Å². The van der Waals surface area contributed by atoms with Crippen LogP contribution in [0.25, 0.3) is 0 Å². The van der Waals surface area contributed by atoms with Crippen molar-refractivity contribution in [3.63, 3.8) is 0 Å². The van der Waals surface area contributed by atoms with Crippen LogP contribution < -0.4 is 9.47 Å². The molecule has 0 radical (unpaired) electrons. The largest absolute Gasteiger partial charge is 0.489 e. The molecule has 134 valence electrons. The number of benzene rings is 1. The highest BCUT2D eigenvalue weighted by Crippen LogP contribution is 2.52. The van der Waals surface area contributed by atoms with E-state index in [0.717, 1.165) is 12.8 Å². The van der Waals surface area contributed by atoms with Gasteiger partial charge in [0.2, 0.25) is 0 Å². The third-order valence-corrected chi connectivity index (χ3v) is 5.16. The molecule has 24 heavy (non-hydrogen) atoms. The zero-order chi connectivity index (χ0) is 17.7. The van der Waals surface area contributed by atoms with E-state index in [4.69, 9.17) is 19.3 Å². The molecule has 6 nitrogen and oxygen atoms in total. The van der Waals surface area contributed by atoms with E-state index < -0.39 is 25.8 Å². The van der Waals surface area contributed by atoms with Gasteiger partial charge in [-0.25, -0.2) is 13.5 Å². The quantitative estimate of drug-likeness (QED) is 0.597. The van der Waals surface area contributed by atoms with Crippen molar-refractivity contribution in [3.8, 4) is 11.5 Å². The predicted molar refractivity (Wildman–Crippen MR) is 84.7 cm³/mol. The molecule has 1 heterocycles. The van der Waals surface area contributed by atoms with E-state index >= 15 is 0 Å². The van der Waals surface area contributed by atoms with Gasteiger partial charge in [-0.1, -0.05) is 20.8 Å². The highest BCUT2D eigenvalue weighted by molar-refractivity contribution is 7.46. The summed E-state index contributed by atoms with van der Waals surface area (Å²) in [6, 6.07) is 1.41. The van der Waals surface area contributed by atoms with E-state index in [1.165, 1.54) is 6.07 Å². The maximum Gasteiger partial charge on any atom is 0.472 e. The molecule has 2 N–H and O–H groups in total. The fraction of sp³-hybridized carbons (Fsp3) is 0.625. The molecule has 2 aliphatic rings. The van der Waals surface area contributed by atoms with Gasteiger partial charge in [-0.3, -0.25) is 0 Å². The number of hydrogen-bond donors (Lipinski definition) is 2. The van der Waals surface area contributed by atoms with Crippen LogP contribution in [0, 0.1) is 11.7 Å². The molecular formula is C16H22FO6P.